The van der Waals surface area contributed by atoms with Gasteiger partial charge in [-0.1, -0.05) is 30.3 Å². The fourth-order valence-corrected chi connectivity index (χ4v) is 2.95. The maximum Gasteiger partial charge on any atom is 0.159 e. The van der Waals surface area contributed by atoms with Crippen molar-refractivity contribution < 1.29 is 4.74 Å². The van der Waals surface area contributed by atoms with E-state index in [2.05, 4.69) is 17.1 Å². The summed E-state index contributed by atoms with van der Waals surface area (Å²) in [6.45, 7) is 0. The fourth-order valence-electron chi connectivity index (χ4n) is 2.95. The zero-order valence-electron chi connectivity index (χ0n) is 12.4. The normalized spacial score (nSPS) is 12.4. The Bertz CT molecular complexity index is 828. The fraction of sp³-hybridized carbons (Fsp3) is 0.158. The highest BCUT2D eigenvalue weighted by molar-refractivity contribution is 5.72. The number of methoxy groups -OCH3 is 1. The van der Waals surface area contributed by atoms with E-state index in [1.165, 1.54) is 16.7 Å². The molecule has 0 saturated carbocycles. The highest BCUT2D eigenvalue weighted by atomic mass is 16.5. The monoisotopic (exact) mass is 288 g/mol. The summed E-state index contributed by atoms with van der Waals surface area (Å²) >= 11 is 0. The van der Waals surface area contributed by atoms with Gasteiger partial charge in [-0.05, 0) is 42.2 Å². The summed E-state index contributed by atoms with van der Waals surface area (Å²) in [6.07, 6.45) is 3.95. The lowest BCUT2D eigenvalue weighted by Gasteiger charge is -2.19. The molecular weight excluding hydrogens is 272 g/mol. The number of aryl methyl sites for hydroxylation is 2. The van der Waals surface area contributed by atoms with E-state index in [4.69, 9.17) is 9.72 Å². The van der Waals surface area contributed by atoms with Crippen molar-refractivity contribution in [1.29, 1.82) is 0 Å². The number of ether oxygens (including phenoxy) is 1. The second kappa shape index (κ2) is 5.26. The quantitative estimate of drug-likeness (QED) is 0.717. The molecule has 1 aliphatic carbocycles. The number of fused-ring (bicyclic) bond motifs is 3. The predicted octanol–water partition coefficient (Wildman–Crippen LogP) is 3.92. The molecule has 0 radical (unpaired) electrons. The van der Waals surface area contributed by atoms with Crippen LogP contribution in [0, 0.1) is 0 Å². The molecule has 3 aromatic rings. The molecule has 0 fully saturated rings. The number of rotatable bonds is 2. The number of hydrogen-bond acceptors (Lipinski definition) is 3. The smallest absolute Gasteiger partial charge is 0.159 e. The van der Waals surface area contributed by atoms with Crippen LogP contribution in [0.25, 0.3) is 22.6 Å². The summed E-state index contributed by atoms with van der Waals surface area (Å²) in [5.41, 5.74) is 5.81. The highest BCUT2D eigenvalue weighted by Crippen LogP contribution is 2.34. The van der Waals surface area contributed by atoms with Gasteiger partial charge in [0.25, 0.3) is 0 Å². The Morgan fingerprint density at radius 2 is 1.77 bits per heavy atom. The predicted molar refractivity (Wildman–Crippen MR) is 86.9 cm³/mol. The summed E-state index contributed by atoms with van der Waals surface area (Å²) in [5.74, 6) is 1.68. The Labute approximate surface area is 129 Å². The van der Waals surface area contributed by atoms with Crippen LogP contribution in [0.4, 0.5) is 0 Å². The maximum atomic E-state index is 5.33. The van der Waals surface area contributed by atoms with Crippen LogP contribution in [0.1, 0.15) is 11.1 Å². The highest BCUT2D eigenvalue weighted by Gasteiger charge is 2.19. The molecule has 0 amide bonds. The van der Waals surface area contributed by atoms with E-state index in [0.717, 1.165) is 35.7 Å². The van der Waals surface area contributed by atoms with E-state index in [9.17, 15) is 0 Å². The molecule has 3 heteroatoms. The maximum absolute atomic E-state index is 5.33. The molecule has 108 valence electrons. The van der Waals surface area contributed by atoms with Crippen LogP contribution in [0.15, 0.2) is 54.7 Å². The SMILES string of the molecule is COc1ccc2c(c1)CCc1cnc(-c3ccccc3)nc1-2. The Kier molecular flexibility index (Phi) is 3.11. The Balaban J connectivity index is 1.85. The minimum atomic E-state index is 0.781. The molecule has 1 aromatic heterocycles. The molecule has 0 spiro atoms. The summed E-state index contributed by atoms with van der Waals surface area (Å²) in [5, 5.41) is 0. The summed E-state index contributed by atoms with van der Waals surface area (Å²) < 4.78 is 5.33. The van der Waals surface area contributed by atoms with Crippen molar-refractivity contribution in [3.05, 3.63) is 65.9 Å². The van der Waals surface area contributed by atoms with Crippen molar-refractivity contribution in [3.8, 4) is 28.4 Å². The third-order valence-electron chi connectivity index (χ3n) is 4.13. The molecule has 0 aliphatic heterocycles. The van der Waals surface area contributed by atoms with Crippen molar-refractivity contribution >= 4 is 0 Å². The Morgan fingerprint density at radius 3 is 2.59 bits per heavy atom. The first-order chi connectivity index (χ1) is 10.8. The van der Waals surface area contributed by atoms with E-state index < -0.39 is 0 Å². The van der Waals surface area contributed by atoms with E-state index >= 15 is 0 Å². The average molecular weight is 288 g/mol. The first kappa shape index (κ1) is 13.0. The number of nitrogens with zero attached hydrogens (tertiary/aromatic N) is 2. The van der Waals surface area contributed by atoms with Gasteiger partial charge in [0.1, 0.15) is 5.75 Å². The lowest BCUT2D eigenvalue weighted by atomic mass is 9.89. The van der Waals surface area contributed by atoms with Crippen molar-refractivity contribution in [2.75, 3.05) is 7.11 Å². The molecule has 3 nitrogen and oxygen atoms in total. The summed E-state index contributed by atoms with van der Waals surface area (Å²) in [6, 6.07) is 16.3. The van der Waals surface area contributed by atoms with Crippen LogP contribution in [-0.2, 0) is 12.8 Å². The van der Waals surface area contributed by atoms with Crippen molar-refractivity contribution in [1.82, 2.24) is 9.97 Å². The van der Waals surface area contributed by atoms with Gasteiger partial charge in [-0.15, -0.1) is 0 Å². The van der Waals surface area contributed by atoms with E-state index in [-0.39, 0.29) is 0 Å². The lowest BCUT2D eigenvalue weighted by Crippen LogP contribution is -2.07. The topological polar surface area (TPSA) is 35.0 Å². The van der Waals surface area contributed by atoms with Crippen LogP contribution in [0.2, 0.25) is 0 Å². The molecule has 4 rings (SSSR count). The van der Waals surface area contributed by atoms with Gasteiger partial charge in [0.15, 0.2) is 5.82 Å². The second-order valence-corrected chi connectivity index (χ2v) is 5.46. The van der Waals surface area contributed by atoms with E-state index in [1.54, 1.807) is 7.11 Å². The molecule has 22 heavy (non-hydrogen) atoms. The third kappa shape index (κ3) is 2.15. The van der Waals surface area contributed by atoms with Gasteiger partial charge in [0.2, 0.25) is 0 Å². The molecule has 0 saturated heterocycles. The van der Waals surface area contributed by atoms with Gasteiger partial charge in [0, 0.05) is 17.3 Å². The first-order valence-electron chi connectivity index (χ1n) is 7.44. The third-order valence-corrected chi connectivity index (χ3v) is 4.13. The second-order valence-electron chi connectivity index (χ2n) is 5.46. The van der Waals surface area contributed by atoms with Crippen LogP contribution >= 0.6 is 0 Å². The number of aromatic nitrogens is 2. The minimum Gasteiger partial charge on any atom is -0.497 e. The van der Waals surface area contributed by atoms with E-state index in [0.29, 0.717) is 0 Å². The van der Waals surface area contributed by atoms with Gasteiger partial charge in [-0.2, -0.15) is 0 Å². The van der Waals surface area contributed by atoms with Crippen molar-refractivity contribution in [3.63, 3.8) is 0 Å². The average Bonchev–Trinajstić information content (AvgIpc) is 2.61. The molecule has 0 unspecified atom stereocenters. The molecule has 0 N–H and O–H groups in total. The minimum absolute atomic E-state index is 0.781. The largest absolute Gasteiger partial charge is 0.497 e. The molecule has 2 aromatic carbocycles. The zero-order valence-corrected chi connectivity index (χ0v) is 12.4. The molecule has 0 atom stereocenters. The summed E-state index contributed by atoms with van der Waals surface area (Å²) in [7, 11) is 1.70. The number of hydrogen-bond donors (Lipinski definition) is 0. The molecule has 1 heterocycles. The van der Waals surface area contributed by atoms with Gasteiger partial charge >= 0.3 is 0 Å². The zero-order chi connectivity index (χ0) is 14.9. The summed E-state index contributed by atoms with van der Waals surface area (Å²) in [4.78, 5) is 9.36. The van der Waals surface area contributed by atoms with Crippen LogP contribution in [0.3, 0.4) is 0 Å². The van der Waals surface area contributed by atoms with Gasteiger partial charge < -0.3 is 4.74 Å². The van der Waals surface area contributed by atoms with E-state index in [1.807, 2.05) is 42.6 Å². The van der Waals surface area contributed by atoms with Crippen molar-refractivity contribution in [2.24, 2.45) is 0 Å². The Hall–Kier alpha value is -2.68. The van der Waals surface area contributed by atoms with Crippen molar-refractivity contribution in [2.45, 2.75) is 12.8 Å². The lowest BCUT2D eigenvalue weighted by molar-refractivity contribution is 0.414. The van der Waals surface area contributed by atoms with Gasteiger partial charge in [-0.3, -0.25) is 0 Å². The van der Waals surface area contributed by atoms with Crippen LogP contribution in [0.5, 0.6) is 5.75 Å². The number of benzene rings is 2. The molecular formula is C19H16N2O. The van der Waals surface area contributed by atoms with Gasteiger partial charge in [0.05, 0.1) is 12.8 Å². The first-order valence-corrected chi connectivity index (χ1v) is 7.44. The Morgan fingerprint density at radius 1 is 0.955 bits per heavy atom. The van der Waals surface area contributed by atoms with Crippen LogP contribution in [-0.4, -0.2) is 17.1 Å². The molecule has 1 aliphatic rings. The van der Waals surface area contributed by atoms with Crippen LogP contribution < -0.4 is 4.74 Å². The van der Waals surface area contributed by atoms with Gasteiger partial charge in [-0.25, -0.2) is 9.97 Å². The standard InChI is InChI=1S/C19H16N2O/c1-22-16-9-10-17-14(11-16)7-8-15-12-20-19(21-18(15)17)13-5-3-2-4-6-13/h2-6,9-12H,7-8H2,1H3. The molecule has 0 bridgehead atoms.